The molecular weight excluding hydrogens is 643 g/mol. The minimum absolute atomic E-state index is 0.0284. The van der Waals surface area contributed by atoms with Crippen LogP contribution >= 0.6 is 11.8 Å². The number of rotatable bonds is 24. The van der Waals surface area contributed by atoms with E-state index in [0.29, 0.717) is 12.0 Å². The van der Waals surface area contributed by atoms with Crippen LogP contribution < -0.4 is 5.32 Å². The number of hydrogen-bond donors (Lipinski definition) is 1. The van der Waals surface area contributed by atoms with Crippen molar-refractivity contribution in [1.29, 1.82) is 0 Å². The Morgan fingerprint density at radius 2 is 1.02 bits per heavy atom. The van der Waals surface area contributed by atoms with Gasteiger partial charge in [0.25, 0.3) is 0 Å². The number of hydrogen-bond acceptors (Lipinski definition) is 3. The van der Waals surface area contributed by atoms with E-state index in [-0.39, 0.29) is 43.3 Å². The molecule has 310 valence electrons. The Bertz CT molecular complexity index is 852. The van der Waals surface area contributed by atoms with E-state index in [1.165, 1.54) is 70.6 Å². The Labute approximate surface area is 328 Å². The van der Waals surface area contributed by atoms with Crippen molar-refractivity contribution in [1.82, 2.24) is 5.32 Å². The molecule has 0 heterocycles. The second-order valence-electron chi connectivity index (χ2n) is 21.0. The monoisotopic (exact) mass is 742 g/mol. The van der Waals surface area contributed by atoms with Crippen molar-refractivity contribution in [3.8, 4) is 0 Å². The van der Waals surface area contributed by atoms with Gasteiger partial charge < -0.3 is 10.1 Å². The van der Waals surface area contributed by atoms with E-state index in [4.69, 9.17) is 4.74 Å². The third-order valence-electron chi connectivity index (χ3n) is 10.6. The second kappa shape index (κ2) is 25.8. The molecule has 0 aliphatic carbocycles. The average Bonchev–Trinajstić information content (AvgIpc) is 2.93. The van der Waals surface area contributed by atoms with Gasteiger partial charge in [0, 0.05) is 27.6 Å². The summed E-state index contributed by atoms with van der Waals surface area (Å²) in [6.07, 6.45) is 20.6. The quantitative estimate of drug-likeness (QED) is 0.100. The third-order valence-corrected chi connectivity index (χ3v) is 12.0. The first-order valence-corrected chi connectivity index (χ1v) is 22.5. The predicted molar refractivity (Wildman–Crippen MR) is 236 cm³/mol. The standard InChI is InChI=1S/C32H65NO2S.C9H20.C6H14/c1-18-27(6,7)23-28(8,9)32(16,17)35-20-19-29(10,11)33-25(34)24(2)21-30(12,13)36-31(14,15)22-26(3,4)5;1-3-5-7-9-8-6-4-2;1-3-5-6-4-2/h24H,18-23H2,1-17H3,(H,33,34);3-9H2,1-2H3;3-6H2,1-2H3. The van der Waals surface area contributed by atoms with Crippen LogP contribution in [0, 0.1) is 22.2 Å². The van der Waals surface area contributed by atoms with Crippen molar-refractivity contribution in [2.75, 3.05) is 6.61 Å². The zero-order valence-corrected chi connectivity index (χ0v) is 40.1. The molecule has 0 rings (SSSR count). The van der Waals surface area contributed by atoms with Crippen molar-refractivity contribution in [2.24, 2.45) is 22.2 Å². The van der Waals surface area contributed by atoms with Crippen LogP contribution in [0.1, 0.15) is 248 Å². The Balaban J connectivity index is -0.00000126. The van der Waals surface area contributed by atoms with Crippen molar-refractivity contribution < 1.29 is 9.53 Å². The van der Waals surface area contributed by atoms with Gasteiger partial charge in [0.05, 0.1) is 5.60 Å². The smallest absolute Gasteiger partial charge is 0.223 e. The number of carbonyl (C=O) groups is 1. The van der Waals surface area contributed by atoms with Crippen LogP contribution in [0.3, 0.4) is 0 Å². The molecule has 0 saturated heterocycles. The molecule has 0 aromatic carbocycles. The SMILES string of the molecule is CCC(C)(C)CC(C)(C)C(C)(C)OCCC(C)(C)NC(=O)C(C)CC(C)(C)SC(C)(C)CC(C)(C)C.CCCCCC.CCCCCCCCC. The third kappa shape index (κ3) is 30.8. The lowest BCUT2D eigenvalue weighted by Crippen LogP contribution is -2.49. The summed E-state index contributed by atoms with van der Waals surface area (Å²) in [5.74, 6) is 0.108. The number of unbranched alkanes of at least 4 members (excludes halogenated alkanes) is 9. The molecule has 0 radical (unpaired) electrons. The summed E-state index contributed by atoms with van der Waals surface area (Å²) < 4.78 is 6.68. The number of carbonyl (C=O) groups excluding carboxylic acids is 1. The van der Waals surface area contributed by atoms with Gasteiger partial charge in [0.15, 0.2) is 0 Å². The van der Waals surface area contributed by atoms with Gasteiger partial charge in [-0.15, -0.1) is 11.8 Å². The maximum absolute atomic E-state index is 13.2. The van der Waals surface area contributed by atoms with Gasteiger partial charge in [0.1, 0.15) is 0 Å². The maximum atomic E-state index is 13.2. The van der Waals surface area contributed by atoms with Crippen molar-refractivity contribution in [2.45, 2.75) is 269 Å². The van der Waals surface area contributed by atoms with E-state index in [1.807, 2.05) is 11.8 Å². The lowest BCUT2D eigenvalue weighted by Gasteiger charge is -2.46. The largest absolute Gasteiger partial charge is 0.375 e. The number of nitrogens with one attached hydrogen (secondary N) is 1. The molecule has 3 nitrogen and oxygen atoms in total. The predicted octanol–water partition coefficient (Wildman–Crippen LogP) is 16.0. The van der Waals surface area contributed by atoms with Gasteiger partial charge in [-0.05, 0) is 69.6 Å². The first-order chi connectivity index (χ1) is 23.0. The highest BCUT2D eigenvalue weighted by Gasteiger charge is 2.42. The summed E-state index contributed by atoms with van der Waals surface area (Å²) >= 11 is 2.02. The minimum atomic E-state index is -0.308. The molecule has 1 N–H and O–H groups in total. The van der Waals surface area contributed by atoms with Gasteiger partial charge in [-0.3, -0.25) is 4.79 Å². The van der Waals surface area contributed by atoms with Crippen LogP contribution in [-0.2, 0) is 9.53 Å². The van der Waals surface area contributed by atoms with E-state index in [1.54, 1.807) is 0 Å². The van der Waals surface area contributed by atoms with Crippen molar-refractivity contribution >= 4 is 17.7 Å². The fraction of sp³-hybridized carbons (Fsp3) is 0.979. The Hall–Kier alpha value is -0.220. The summed E-state index contributed by atoms with van der Waals surface area (Å²) in [6, 6.07) is 0. The molecule has 0 bridgehead atoms. The molecule has 4 heteroatoms. The molecule has 0 aliphatic rings. The zero-order valence-electron chi connectivity index (χ0n) is 39.3. The fourth-order valence-corrected chi connectivity index (χ4v) is 9.61. The Morgan fingerprint density at radius 1 is 0.608 bits per heavy atom. The van der Waals surface area contributed by atoms with Crippen molar-refractivity contribution in [3.05, 3.63) is 0 Å². The molecule has 0 aliphatic heterocycles. The van der Waals surface area contributed by atoms with Crippen LogP contribution in [0.25, 0.3) is 0 Å². The highest BCUT2D eigenvalue weighted by Crippen LogP contribution is 2.46. The van der Waals surface area contributed by atoms with Crippen LogP contribution in [0.15, 0.2) is 0 Å². The summed E-state index contributed by atoms with van der Waals surface area (Å²) in [7, 11) is 0. The van der Waals surface area contributed by atoms with Crippen LogP contribution in [-0.4, -0.2) is 33.1 Å². The summed E-state index contributed by atoms with van der Waals surface area (Å²) in [5, 5.41) is 3.32. The van der Waals surface area contributed by atoms with Crippen molar-refractivity contribution in [3.63, 3.8) is 0 Å². The molecule has 1 amide bonds. The number of thioether (sulfide) groups is 1. The first kappa shape index (κ1) is 55.1. The Morgan fingerprint density at radius 3 is 1.41 bits per heavy atom. The van der Waals surface area contributed by atoms with Gasteiger partial charge in [-0.25, -0.2) is 0 Å². The van der Waals surface area contributed by atoms with Crippen LogP contribution in [0.2, 0.25) is 0 Å². The van der Waals surface area contributed by atoms with Gasteiger partial charge in [-0.1, -0.05) is 195 Å². The molecule has 0 spiro atoms. The molecule has 1 atom stereocenters. The highest BCUT2D eigenvalue weighted by molar-refractivity contribution is 8.01. The zero-order chi connectivity index (χ0) is 40.8. The molecule has 0 aromatic heterocycles. The average molecular weight is 742 g/mol. The topological polar surface area (TPSA) is 38.3 Å². The van der Waals surface area contributed by atoms with Gasteiger partial charge >= 0.3 is 0 Å². The molecular formula is C47H99NO2S. The number of amides is 1. The van der Waals surface area contributed by atoms with E-state index in [9.17, 15) is 4.79 Å². The van der Waals surface area contributed by atoms with Gasteiger partial charge in [-0.2, -0.15) is 0 Å². The van der Waals surface area contributed by atoms with E-state index >= 15 is 0 Å². The molecule has 51 heavy (non-hydrogen) atoms. The lowest BCUT2D eigenvalue weighted by molar-refractivity contribution is -0.128. The fourth-order valence-electron chi connectivity index (χ4n) is 7.27. The molecule has 0 saturated carbocycles. The van der Waals surface area contributed by atoms with Crippen LogP contribution in [0.4, 0.5) is 0 Å². The molecule has 1 unspecified atom stereocenters. The first-order valence-electron chi connectivity index (χ1n) is 21.6. The Kier molecular flexibility index (Phi) is 27.9. The van der Waals surface area contributed by atoms with E-state index in [0.717, 1.165) is 32.1 Å². The minimum Gasteiger partial charge on any atom is -0.375 e. The number of ether oxygens (including phenoxy) is 1. The van der Waals surface area contributed by atoms with E-state index < -0.39 is 0 Å². The second-order valence-corrected chi connectivity index (χ2v) is 23.4. The summed E-state index contributed by atoms with van der Waals surface area (Å²) in [6.45, 7) is 48.1. The normalized spacial score (nSPS) is 13.9. The summed E-state index contributed by atoms with van der Waals surface area (Å²) in [4.78, 5) is 13.2. The molecule has 0 fully saturated rings. The highest BCUT2D eigenvalue weighted by atomic mass is 32.2. The maximum Gasteiger partial charge on any atom is 0.223 e. The summed E-state index contributed by atoms with van der Waals surface area (Å²) in [5.41, 5.74) is 0.0859. The molecule has 0 aromatic rings. The van der Waals surface area contributed by atoms with Crippen LogP contribution in [0.5, 0.6) is 0 Å². The lowest BCUT2D eigenvalue weighted by atomic mass is 9.66. The van der Waals surface area contributed by atoms with Gasteiger partial charge in [0.2, 0.25) is 5.91 Å². The van der Waals surface area contributed by atoms with E-state index in [2.05, 4.69) is 151 Å².